The Morgan fingerprint density at radius 1 is 1.43 bits per heavy atom. The van der Waals surface area contributed by atoms with E-state index in [1.165, 1.54) is 0 Å². The van der Waals surface area contributed by atoms with Crippen molar-refractivity contribution in [1.29, 1.82) is 0 Å². The highest BCUT2D eigenvalue weighted by molar-refractivity contribution is 8.13. The van der Waals surface area contributed by atoms with E-state index in [9.17, 15) is 26.4 Å². The number of carbonyl (C=O) groups is 1. The van der Waals surface area contributed by atoms with Crippen LogP contribution in [-0.2, 0) is 20.3 Å². The summed E-state index contributed by atoms with van der Waals surface area (Å²) in [4.78, 5) is 11.3. The fourth-order valence-corrected chi connectivity index (χ4v) is 2.57. The van der Waals surface area contributed by atoms with Crippen molar-refractivity contribution in [2.24, 2.45) is 0 Å². The Bertz CT molecular complexity index is 649. The van der Waals surface area contributed by atoms with E-state index in [0.29, 0.717) is 23.6 Å². The lowest BCUT2D eigenvalue weighted by Gasteiger charge is -2.25. The number of esters is 1. The van der Waals surface area contributed by atoms with Gasteiger partial charge in [0, 0.05) is 16.9 Å². The highest BCUT2D eigenvalue weighted by Crippen LogP contribution is 2.27. The summed E-state index contributed by atoms with van der Waals surface area (Å²) in [5.41, 5.74) is -0.488. The highest BCUT2D eigenvalue weighted by Gasteiger charge is 2.32. The monoisotopic (exact) mass is 345 g/mol. The Hall–Kier alpha value is -1.22. The molecule has 1 saturated carbocycles. The number of ether oxygens (including phenoxy) is 1. The number of nitrogens with zero attached hydrogens (tertiary/aromatic N) is 1. The molecule has 1 aliphatic carbocycles. The molecule has 0 spiro atoms. The number of hydrogen-bond acceptors (Lipinski definition) is 4. The van der Waals surface area contributed by atoms with Gasteiger partial charge < -0.3 is 9.30 Å². The largest absolute Gasteiger partial charge is 0.458 e. The van der Waals surface area contributed by atoms with Crippen molar-refractivity contribution in [3.05, 3.63) is 18.0 Å². The third kappa shape index (κ3) is 4.13. The van der Waals surface area contributed by atoms with Crippen LogP contribution in [0.5, 0.6) is 0 Å². The van der Waals surface area contributed by atoms with Crippen LogP contribution in [0.15, 0.2) is 17.2 Å². The molecular weight excluding hydrogens is 335 g/mol. The summed E-state index contributed by atoms with van der Waals surface area (Å²) in [6, 6.07) is 0.787. The molecule has 10 heteroatoms. The fourth-order valence-electron chi connectivity index (χ4n) is 1.81. The second-order valence-corrected chi connectivity index (χ2v) is 7.27. The van der Waals surface area contributed by atoms with Crippen molar-refractivity contribution >= 4 is 25.7 Å². The van der Waals surface area contributed by atoms with Gasteiger partial charge in [-0.15, -0.1) is 0 Å². The molecule has 1 aromatic heterocycles. The first-order chi connectivity index (χ1) is 9.56. The highest BCUT2D eigenvalue weighted by atomic mass is 35.7. The maximum absolute atomic E-state index is 12.5. The Kier molecular flexibility index (Phi) is 4.25. The number of alkyl halides is 3. The van der Waals surface area contributed by atoms with Gasteiger partial charge in [-0.05, 0) is 25.3 Å². The second-order valence-electron chi connectivity index (χ2n) is 4.70. The Labute approximate surface area is 123 Å². The summed E-state index contributed by atoms with van der Waals surface area (Å²) in [6.45, 7) is -1.51. The molecule has 0 atom stereocenters. The van der Waals surface area contributed by atoms with Crippen LogP contribution in [0.4, 0.5) is 13.2 Å². The number of halogens is 4. The van der Waals surface area contributed by atoms with Crippen LogP contribution < -0.4 is 0 Å². The third-order valence-electron chi connectivity index (χ3n) is 3.04. The summed E-state index contributed by atoms with van der Waals surface area (Å²) >= 11 is 0. The van der Waals surface area contributed by atoms with E-state index in [2.05, 4.69) is 0 Å². The van der Waals surface area contributed by atoms with Gasteiger partial charge in [-0.2, -0.15) is 13.2 Å². The number of aromatic nitrogens is 1. The Balaban J connectivity index is 2.31. The number of hydrogen-bond donors (Lipinski definition) is 0. The average Bonchev–Trinajstić information content (AvgIpc) is 2.64. The normalized spacial score (nSPS) is 16.6. The van der Waals surface area contributed by atoms with E-state index >= 15 is 0 Å². The SMILES string of the molecule is O=C(OC1CCC1)c1cc(S(=O)(=O)Cl)cn1CC(F)(F)F. The third-order valence-corrected chi connectivity index (χ3v) is 4.36. The zero-order valence-corrected chi connectivity index (χ0v) is 12.1. The van der Waals surface area contributed by atoms with E-state index in [1.807, 2.05) is 0 Å². The average molecular weight is 346 g/mol. The van der Waals surface area contributed by atoms with Crippen LogP contribution in [0.3, 0.4) is 0 Å². The molecule has 1 fully saturated rings. The molecule has 1 heterocycles. The van der Waals surface area contributed by atoms with Crippen molar-refractivity contribution < 1.29 is 31.1 Å². The van der Waals surface area contributed by atoms with Crippen LogP contribution in [0.25, 0.3) is 0 Å². The zero-order chi connectivity index (χ0) is 15.8. The molecule has 0 radical (unpaired) electrons. The molecule has 0 unspecified atom stereocenters. The van der Waals surface area contributed by atoms with Gasteiger partial charge in [0.1, 0.15) is 23.2 Å². The summed E-state index contributed by atoms with van der Waals surface area (Å²) < 4.78 is 65.3. The lowest BCUT2D eigenvalue weighted by molar-refractivity contribution is -0.140. The molecule has 1 aromatic rings. The minimum Gasteiger partial charge on any atom is -0.458 e. The van der Waals surface area contributed by atoms with E-state index in [1.54, 1.807) is 0 Å². The lowest BCUT2D eigenvalue weighted by Crippen LogP contribution is -2.27. The minimum absolute atomic E-state index is 0.331. The maximum Gasteiger partial charge on any atom is 0.406 e. The van der Waals surface area contributed by atoms with Gasteiger partial charge >= 0.3 is 12.1 Å². The van der Waals surface area contributed by atoms with Crippen LogP contribution in [0.2, 0.25) is 0 Å². The number of rotatable bonds is 4. The molecule has 0 N–H and O–H groups in total. The summed E-state index contributed by atoms with van der Waals surface area (Å²) in [6.07, 6.45) is -2.10. The van der Waals surface area contributed by atoms with E-state index in [4.69, 9.17) is 15.4 Å². The van der Waals surface area contributed by atoms with Crippen molar-refractivity contribution in [1.82, 2.24) is 4.57 Å². The first kappa shape index (κ1) is 16.2. The molecule has 5 nitrogen and oxygen atoms in total. The zero-order valence-electron chi connectivity index (χ0n) is 10.6. The van der Waals surface area contributed by atoms with Gasteiger partial charge in [-0.25, -0.2) is 13.2 Å². The predicted octanol–water partition coefficient (Wildman–Crippen LogP) is 2.69. The van der Waals surface area contributed by atoms with Crippen molar-refractivity contribution in [3.8, 4) is 0 Å². The second kappa shape index (κ2) is 5.53. The van der Waals surface area contributed by atoms with E-state index in [-0.39, 0.29) is 6.10 Å². The summed E-state index contributed by atoms with van der Waals surface area (Å²) in [5, 5.41) is 0. The van der Waals surface area contributed by atoms with Crippen molar-refractivity contribution in [2.75, 3.05) is 0 Å². The van der Waals surface area contributed by atoms with Crippen LogP contribution in [-0.4, -0.2) is 31.2 Å². The summed E-state index contributed by atoms with van der Waals surface area (Å²) in [7, 11) is 0.852. The molecule has 1 aliphatic rings. The molecular formula is C11H11ClF3NO4S. The first-order valence-corrected chi connectivity index (χ1v) is 8.30. The Morgan fingerprint density at radius 2 is 2.05 bits per heavy atom. The molecule has 0 bridgehead atoms. The standard InChI is InChI=1S/C11H11ClF3NO4S/c12-21(18,19)8-4-9(10(17)20-7-2-1-3-7)16(5-8)6-11(13,14)15/h4-5,7H,1-3,6H2. The van der Waals surface area contributed by atoms with Crippen molar-refractivity contribution in [3.63, 3.8) is 0 Å². The van der Waals surface area contributed by atoms with Crippen LogP contribution >= 0.6 is 10.7 Å². The van der Waals surface area contributed by atoms with Gasteiger partial charge in [0.15, 0.2) is 0 Å². The molecule has 0 saturated heterocycles. The predicted molar refractivity (Wildman–Crippen MR) is 66.6 cm³/mol. The first-order valence-electron chi connectivity index (χ1n) is 5.99. The summed E-state index contributed by atoms with van der Waals surface area (Å²) in [5.74, 6) is -0.990. The van der Waals surface area contributed by atoms with Gasteiger partial charge in [-0.3, -0.25) is 0 Å². The molecule has 0 aliphatic heterocycles. The van der Waals surface area contributed by atoms with Gasteiger partial charge in [-0.1, -0.05) is 0 Å². The van der Waals surface area contributed by atoms with E-state index < -0.39 is 38.3 Å². The number of carbonyl (C=O) groups excluding carboxylic acids is 1. The van der Waals surface area contributed by atoms with Crippen LogP contribution in [0, 0.1) is 0 Å². The molecule has 118 valence electrons. The van der Waals surface area contributed by atoms with Crippen molar-refractivity contribution in [2.45, 2.75) is 43.0 Å². The topological polar surface area (TPSA) is 65.4 Å². The maximum atomic E-state index is 12.5. The van der Waals surface area contributed by atoms with Crippen LogP contribution in [0.1, 0.15) is 29.8 Å². The fraction of sp³-hybridized carbons (Fsp3) is 0.545. The van der Waals surface area contributed by atoms with E-state index in [0.717, 1.165) is 12.5 Å². The molecule has 2 rings (SSSR count). The Morgan fingerprint density at radius 3 is 2.48 bits per heavy atom. The lowest BCUT2D eigenvalue weighted by atomic mass is 9.96. The smallest absolute Gasteiger partial charge is 0.406 e. The molecule has 0 aromatic carbocycles. The quantitative estimate of drug-likeness (QED) is 0.621. The minimum atomic E-state index is -4.61. The van der Waals surface area contributed by atoms with Gasteiger partial charge in [0.25, 0.3) is 9.05 Å². The van der Waals surface area contributed by atoms with Gasteiger partial charge in [0.2, 0.25) is 0 Å². The molecule has 21 heavy (non-hydrogen) atoms. The van der Waals surface area contributed by atoms with Gasteiger partial charge in [0.05, 0.1) is 0 Å². The molecule has 0 amide bonds.